The number of halogens is 1. The third kappa shape index (κ3) is 3.96. The van der Waals surface area contributed by atoms with Gasteiger partial charge in [0.25, 0.3) is 0 Å². The first-order valence-electron chi connectivity index (χ1n) is 8.44. The maximum absolute atomic E-state index is 13.7. The number of piperidine rings is 1. The first kappa shape index (κ1) is 16.6. The molecule has 0 spiro atoms. The van der Waals surface area contributed by atoms with E-state index in [1.54, 1.807) is 24.4 Å². The number of hydrogen-bond acceptors (Lipinski definition) is 3. The fourth-order valence-corrected chi connectivity index (χ4v) is 3.25. The van der Waals surface area contributed by atoms with E-state index in [1.807, 2.05) is 17.9 Å². The lowest BCUT2D eigenvalue weighted by Crippen LogP contribution is -2.39. The van der Waals surface area contributed by atoms with Crippen molar-refractivity contribution in [3.05, 3.63) is 59.4 Å². The molecule has 1 fully saturated rings. The molecule has 0 aliphatic carbocycles. The van der Waals surface area contributed by atoms with Crippen molar-refractivity contribution in [3.8, 4) is 0 Å². The maximum Gasteiger partial charge on any atom is 0.222 e. The second-order valence-electron chi connectivity index (χ2n) is 6.30. The number of hydrogen-bond donors (Lipinski definition) is 0. The molecule has 1 aromatic heterocycles. The molecule has 2 aromatic rings. The first-order valence-corrected chi connectivity index (χ1v) is 8.44. The summed E-state index contributed by atoms with van der Waals surface area (Å²) in [4.78, 5) is 23.0. The summed E-state index contributed by atoms with van der Waals surface area (Å²) < 4.78 is 13.7. The number of benzene rings is 1. The van der Waals surface area contributed by atoms with Crippen LogP contribution in [0.1, 0.15) is 42.3 Å². The van der Waals surface area contributed by atoms with Crippen molar-refractivity contribution in [1.29, 1.82) is 0 Å². The largest absolute Gasteiger partial charge is 0.342 e. The monoisotopic (exact) mass is 327 g/mol. The smallest absolute Gasteiger partial charge is 0.222 e. The van der Waals surface area contributed by atoms with Crippen LogP contribution in [0.15, 0.2) is 36.5 Å². The van der Waals surface area contributed by atoms with Gasteiger partial charge in [-0.3, -0.25) is 4.79 Å². The van der Waals surface area contributed by atoms with Crippen LogP contribution in [0.4, 0.5) is 4.39 Å². The standard InChI is InChI=1S/C19H22FN3O/c1-14-21-11-10-18(22-14)16-6-4-12-23(13-16)19(24)9-8-15-5-2-3-7-17(15)20/h2-3,5,7,10-11,16H,4,6,8-9,12-13H2,1H3. The van der Waals surface area contributed by atoms with Crippen LogP contribution in [0, 0.1) is 12.7 Å². The van der Waals surface area contributed by atoms with Crippen LogP contribution >= 0.6 is 0 Å². The van der Waals surface area contributed by atoms with E-state index in [9.17, 15) is 9.18 Å². The molecule has 1 saturated heterocycles. The van der Waals surface area contributed by atoms with Crippen LogP contribution < -0.4 is 0 Å². The van der Waals surface area contributed by atoms with Gasteiger partial charge in [0.1, 0.15) is 11.6 Å². The van der Waals surface area contributed by atoms with Crippen LogP contribution in [0.5, 0.6) is 0 Å². The lowest BCUT2D eigenvalue weighted by molar-refractivity contribution is -0.132. The molecule has 1 atom stereocenters. The lowest BCUT2D eigenvalue weighted by Gasteiger charge is -2.32. The minimum Gasteiger partial charge on any atom is -0.342 e. The number of rotatable bonds is 4. The molecule has 0 saturated carbocycles. The maximum atomic E-state index is 13.7. The Morgan fingerprint density at radius 1 is 1.33 bits per heavy atom. The summed E-state index contributed by atoms with van der Waals surface area (Å²) in [6.45, 7) is 3.34. The molecule has 0 bridgehead atoms. The summed E-state index contributed by atoms with van der Waals surface area (Å²) >= 11 is 0. The summed E-state index contributed by atoms with van der Waals surface area (Å²) in [7, 11) is 0. The molecule has 4 nitrogen and oxygen atoms in total. The van der Waals surface area contributed by atoms with Crippen molar-refractivity contribution in [3.63, 3.8) is 0 Å². The van der Waals surface area contributed by atoms with Gasteiger partial charge >= 0.3 is 0 Å². The average molecular weight is 327 g/mol. The minimum absolute atomic E-state index is 0.0914. The van der Waals surface area contributed by atoms with Crippen LogP contribution in [-0.2, 0) is 11.2 Å². The van der Waals surface area contributed by atoms with Gasteiger partial charge in [0.2, 0.25) is 5.91 Å². The molecule has 1 aliphatic rings. The predicted molar refractivity (Wildman–Crippen MR) is 90.0 cm³/mol. The Kier molecular flexibility index (Phi) is 5.18. The van der Waals surface area contributed by atoms with Gasteiger partial charge < -0.3 is 4.90 Å². The quantitative estimate of drug-likeness (QED) is 0.866. The summed E-state index contributed by atoms with van der Waals surface area (Å²) in [6.07, 6.45) is 4.57. The molecule has 0 N–H and O–H groups in total. The molecule has 126 valence electrons. The topological polar surface area (TPSA) is 46.1 Å². The molecule has 1 unspecified atom stereocenters. The highest BCUT2D eigenvalue weighted by atomic mass is 19.1. The molecule has 2 heterocycles. The molecule has 3 rings (SSSR count). The molecule has 24 heavy (non-hydrogen) atoms. The van der Waals surface area contributed by atoms with Gasteiger partial charge in [0, 0.05) is 37.3 Å². The molecular weight excluding hydrogens is 305 g/mol. The number of aryl methyl sites for hydroxylation is 2. The highest BCUT2D eigenvalue weighted by molar-refractivity contribution is 5.76. The van der Waals surface area contributed by atoms with Crippen molar-refractivity contribution >= 4 is 5.91 Å². The SMILES string of the molecule is Cc1nccc(C2CCCN(C(=O)CCc3ccccc3F)C2)n1. The van der Waals surface area contributed by atoms with Crippen LogP contribution in [0.2, 0.25) is 0 Å². The van der Waals surface area contributed by atoms with Gasteiger partial charge in [0.05, 0.1) is 0 Å². The second kappa shape index (κ2) is 7.51. The number of likely N-dealkylation sites (tertiary alicyclic amines) is 1. The minimum atomic E-state index is -0.238. The molecular formula is C19H22FN3O. The summed E-state index contributed by atoms with van der Waals surface area (Å²) in [5.41, 5.74) is 1.61. The van der Waals surface area contributed by atoms with Crippen LogP contribution in [0.25, 0.3) is 0 Å². The van der Waals surface area contributed by atoms with Gasteiger partial charge in [-0.15, -0.1) is 0 Å². The van der Waals surface area contributed by atoms with E-state index in [1.165, 1.54) is 6.07 Å². The van der Waals surface area contributed by atoms with Crippen molar-refractivity contribution in [2.24, 2.45) is 0 Å². The van der Waals surface area contributed by atoms with E-state index in [2.05, 4.69) is 9.97 Å². The fourth-order valence-electron chi connectivity index (χ4n) is 3.25. The number of carbonyl (C=O) groups is 1. The Morgan fingerprint density at radius 3 is 2.96 bits per heavy atom. The zero-order valence-corrected chi connectivity index (χ0v) is 13.9. The predicted octanol–water partition coefficient (Wildman–Crippen LogP) is 3.26. The normalized spacial score (nSPS) is 17.8. The molecule has 0 radical (unpaired) electrons. The summed E-state index contributed by atoms with van der Waals surface area (Å²) in [5.74, 6) is 0.875. The zero-order valence-electron chi connectivity index (χ0n) is 13.9. The van der Waals surface area contributed by atoms with E-state index in [0.29, 0.717) is 24.9 Å². The molecule has 1 amide bonds. The Balaban J connectivity index is 1.60. The van der Waals surface area contributed by atoms with Crippen LogP contribution in [0.3, 0.4) is 0 Å². The lowest BCUT2D eigenvalue weighted by atomic mass is 9.94. The Hall–Kier alpha value is -2.30. The van der Waals surface area contributed by atoms with E-state index in [0.717, 1.165) is 30.9 Å². The van der Waals surface area contributed by atoms with Crippen molar-refractivity contribution in [2.75, 3.05) is 13.1 Å². The van der Waals surface area contributed by atoms with Crippen molar-refractivity contribution in [1.82, 2.24) is 14.9 Å². The molecule has 5 heteroatoms. The Morgan fingerprint density at radius 2 is 2.17 bits per heavy atom. The van der Waals surface area contributed by atoms with Crippen molar-refractivity contribution < 1.29 is 9.18 Å². The number of amides is 1. The highest BCUT2D eigenvalue weighted by Gasteiger charge is 2.25. The summed E-state index contributed by atoms with van der Waals surface area (Å²) in [5, 5.41) is 0. The molecule has 1 aliphatic heterocycles. The number of aromatic nitrogens is 2. The fraction of sp³-hybridized carbons (Fsp3) is 0.421. The van der Waals surface area contributed by atoms with E-state index < -0.39 is 0 Å². The third-order valence-corrected chi connectivity index (χ3v) is 4.56. The van der Waals surface area contributed by atoms with Crippen LogP contribution in [-0.4, -0.2) is 33.9 Å². The van der Waals surface area contributed by atoms with E-state index in [-0.39, 0.29) is 17.6 Å². The van der Waals surface area contributed by atoms with Crippen molar-refractivity contribution in [2.45, 2.75) is 38.5 Å². The number of carbonyl (C=O) groups excluding carboxylic acids is 1. The van der Waals surface area contributed by atoms with Gasteiger partial charge in [0.15, 0.2) is 0 Å². The second-order valence-corrected chi connectivity index (χ2v) is 6.30. The number of nitrogens with zero attached hydrogens (tertiary/aromatic N) is 3. The van der Waals surface area contributed by atoms with Gasteiger partial charge in [-0.05, 0) is 43.9 Å². The molecule has 1 aromatic carbocycles. The van der Waals surface area contributed by atoms with E-state index >= 15 is 0 Å². The van der Waals surface area contributed by atoms with Gasteiger partial charge in [-0.25, -0.2) is 14.4 Å². The zero-order chi connectivity index (χ0) is 16.9. The Bertz CT molecular complexity index is 719. The summed E-state index contributed by atoms with van der Waals surface area (Å²) in [6, 6.07) is 8.58. The highest BCUT2D eigenvalue weighted by Crippen LogP contribution is 2.26. The average Bonchev–Trinajstić information content (AvgIpc) is 2.61. The Labute approximate surface area is 141 Å². The first-order chi connectivity index (χ1) is 11.6. The van der Waals surface area contributed by atoms with Gasteiger partial charge in [-0.2, -0.15) is 0 Å². The van der Waals surface area contributed by atoms with Gasteiger partial charge in [-0.1, -0.05) is 18.2 Å². The van der Waals surface area contributed by atoms with E-state index in [4.69, 9.17) is 0 Å². The third-order valence-electron chi connectivity index (χ3n) is 4.56.